The normalized spacial score (nSPS) is 11.7. The van der Waals surface area contributed by atoms with Crippen LogP contribution in [0.4, 0.5) is 21.8 Å². The van der Waals surface area contributed by atoms with Gasteiger partial charge in [0.05, 0.1) is 12.4 Å². The Bertz CT molecular complexity index is 1150. The third-order valence-corrected chi connectivity index (χ3v) is 4.84. The van der Waals surface area contributed by atoms with Crippen LogP contribution in [-0.2, 0) is 0 Å². The van der Waals surface area contributed by atoms with Gasteiger partial charge in [-0.25, -0.2) is 14.4 Å². The highest BCUT2D eigenvalue weighted by Gasteiger charge is 2.12. The number of benzene rings is 1. The van der Waals surface area contributed by atoms with Gasteiger partial charge in [-0.3, -0.25) is 9.67 Å². The monoisotopic (exact) mass is 453 g/mol. The van der Waals surface area contributed by atoms with Crippen LogP contribution in [0.3, 0.4) is 0 Å². The minimum absolute atomic E-state index is 0. The number of rotatable bonds is 7. The fourth-order valence-corrected chi connectivity index (χ4v) is 3.16. The maximum Gasteiger partial charge on any atom is 0.150 e. The molecular formula is C23H25ClFN7. The van der Waals surface area contributed by atoms with Crippen LogP contribution in [0.25, 0.3) is 11.1 Å². The summed E-state index contributed by atoms with van der Waals surface area (Å²) >= 11 is 0. The van der Waals surface area contributed by atoms with Crippen molar-refractivity contribution in [2.75, 3.05) is 10.6 Å². The van der Waals surface area contributed by atoms with Crippen LogP contribution < -0.4 is 10.6 Å². The molecule has 0 radical (unpaired) electrons. The van der Waals surface area contributed by atoms with E-state index in [-0.39, 0.29) is 30.3 Å². The molecule has 0 saturated heterocycles. The second kappa shape index (κ2) is 10.2. The molecule has 9 heteroatoms. The molecule has 166 valence electrons. The Hall–Kier alpha value is -3.52. The molecule has 0 saturated carbocycles. The van der Waals surface area contributed by atoms with Gasteiger partial charge in [0.1, 0.15) is 23.3 Å². The van der Waals surface area contributed by atoms with Crippen molar-refractivity contribution in [1.29, 1.82) is 0 Å². The molecule has 0 amide bonds. The summed E-state index contributed by atoms with van der Waals surface area (Å²) in [6.07, 6.45) is 8.73. The molecule has 4 aromatic rings. The number of nitrogens with one attached hydrogen (secondary N) is 2. The summed E-state index contributed by atoms with van der Waals surface area (Å²) in [6, 6.07) is 10.6. The molecule has 0 bridgehead atoms. The lowest BCUT2D eigenvalue weighted by molar-refractivity contribution is 0.532. The SMILES string of the molecule is CC(Nc1cc(-c2cnn(C(C)C)c2)cc(Nc2cnccn2)n1)c1ccc(F)cc1.Cl. The lowest BCUT2D eigenvalue weighted by Crippen LogP contribution is -2.09. The van der Waals surface area contributed by atoms with Gasteiger partial charge in [-0.2, -0.15) is 5.10 Å². The first-order chi connectivity index (χ1) is 15.0. The predicted molar refractivity (Wildman–Crippen MR) is 127 cm³/mol. The molecular weight excluding hydrogens is 429 g/mol. The fraction of sp³-hybridized carbons (Fsp3) is 0.217. The van der Waals surface area contributed by atoms with E-state index in [1.165, 1.54) is 12.1 Å². The van der Waals surface area contributed by atoms with Crippen molar-refractivity contribution in [3.63, 3.8) is 0 Å². The largest absolute Gasteiger partial charge is 0.363 e. The summed E-state index contributed by atoms with van der Waals surface area (Å²) in [5, 5.41) is 11.1. The number of pyridine rings is 1. The molecule has 32 heavy (non-hydrogen) atoms. The average Bonchev–Trinajstić information content (AvgIpc) is 3.25. The van der Waals surface area contributed by atoms with Gasteiger partial charge < -0.3 is 10.6 Å². The van der Waals surface area contributed by atoms with Crippen LogP contribution >= 0.6 is 12.4 Å². The van der Waals surface area contributed by atoms with E-state index in [0.29, 0.717) is 17.5 Å². The van der Waals surface area contributed by atoms with Gasteiger partial charge in [-0.1, -0.05) is 12.1 Å². The number of hydrogen-bond donors (Lipinski definition) is 2. The van der Waals surface area contributed by atoms with Crippen LogP contribution in [0.2, 0.25) is 0 Å². The summed E-state index contributed by atoms with van der Waals surface area (Å²) < 4.78 is 15.2. The van der Waals surface area contributed by atoms with E-state index in [2.05, 4.69) is 44.5 Å². The molecule has 3 heterocycles. The Kier molecular flexibility index (Phi) is 7.37. The van der Waals surface area contributed by atoms with Crippen molar-refractivity contribution in [3.05, 3.63) is 78.8 Å². The Morgan fingerprint density at radius 3 is 2.31 bits per heavy atom. The highest BCUT2D eigenvalue weighted by atomic mass is 35.5. The highest BCUT2D eigenvalue weighted by molar-refractivity contribution is 5.85. The summed E-state index contributed by atoms with van der Waals surface area (Å²) in [5.74, 6) is 1.65. The lowest BCUT2D eigenvalue weighted by atomic mass is 10.1. The molecule has 7 nitrogen and oxygen atoms in total. The van der Waals surface area contributed by atoms with E-state index in [9.17, 15) is 4.39 Å². The van der Waals surface area contributed by atoms with E-state index in [1.807, 2.05) is 36.1 Å². The van der Waals surface area contributed by atoms with E-state index < -0.39 is 0 Å². The minimum Gasteiger partial charge on any atom is -0.363 e. The molecule has 0 spiro atoms. The smallest absolute Gasteiger partial charge is 0.150 e. The highest BCUT2D eigenvalue weighted by Crippen LogP contribution is 2.28. The minimum atomic E-state index is -0.256. The first kappa shape index (κ1) is 23.1. The van der Waals surface area contributed by atoms with Crippen molar-refractivity contribution < 1.29 is 4.39 Å². The molecule has 3 aromatic heterocycles. The van der Waals surface area contributed by atoms with Crippen LogP contribution in [0.1, 0.15) is 38.4 Å². The lowest BCUT2D eigenvalue weighted by Gasteiger charge is -2.17. The second-order valence-electron chi connectivity index (χ2n) is 7.56. The van der Waals surface area contributed by atoms with E-state index >= 15 is 0 Å². The summed E-state index contributed by atoms with van der Waals surface area (Å²) in [4.78, 5) is 13.0. The van der Waals surface area contributed by atoms with Crippen LogP contribution in [-0.4, -0.2) is 24.7 Å². The zero-order valence-corrected chi connectivity index (χ0v) is 18.8. The molecule has 1 aromatic carbocycles. The molecule has 0 fully saturated rings. The van der Waals surface area contributed by atoms with Gasteiger partial charge in [0.15, 0.2) is 0 Å². The number of aromatic nitrogens is 5. The van der Waals surface area contributed by atoms with Gasteiger partial charge >= 0.3 is 0 Å². The first-order valence-electron chi connectivity index (χ1n) is 10.1. The van der Waals surface area contributed by atoms with Crippen molar-refractivity contribution >= 4 is 29.9 Å². The molecule has 0 aliphatic rings. The zero-order valence-electron chi connectivity index (χ0n) is 18.0. The molecule has 2 N–H and O–H groups in total. The van der Waals surface area contributed by atoms with Crippen molar-refractivity contribution in [2.45, 2.75) is 32.9 Å². The molecule has 1 atom stereocenters. The zero-order chi connectivity index (χ0) is 21.8. The van der Waals surface area contributed by atoms with Crippen molar-refractivity contribution in [2.24, 2.45) is 0 Å². The molecule has 0 aliphatic carbocycles. The molecule has 0 aliphatic heterocycles. The Morgan fingerprint density at radius 1 is 0.906 bits per heavy atom. The number of anilines is 3. The maximum absolute atomic E-state index is 13.3. The fourth-order valence-electron chi connectivity index (χ4n) is 3.16. The maximum atomic E-state index is 13.3. The molecule has 4 rings (SSSR count). The first-order valence-corrected chi connectivity index (χ1v) is 10.1. The Labute approximate surface area is 192 Å². The van der Waals surface area contributed by atoms with Gasteiger partial charge in [0.25, 0.3) is 0 Å². The Balaban J connectivity index is 0.00000289. The van der Waals surface area contributed by atoms with Gasteiger partial charge in [-0.05, 0) is 56.2 Å². The van der Waals surface area contributed by atoms with Gasteiger partial charge in [-0.15, -0.1) is 12.4 Å². The second-order valence-corrected chi connectivity index (χ2v) is 7.56. The quantitative estimate of drug-likeness (QED) is 0.368. The summed E-state index contributed by atoms with van der Waals surface area (Å²) in [5.41, 5.74) is 2.91. The number of nitrogens with zero attached hydrogens (tertiary/aromatic N) is 5. The standard InChI is InChI=1S/C23H24FN7.ClH/c1-15(2)31-14-19(12-27-31)18-10-21(28-16(3)17-4-6-20(24)7-5-17)29-22(11-18)30-23-13-25-8-9-26-23;/h4-16H,1-3H3,(H2,26,28,29,30);1H. The van der Waals surface area contributed by atoms with Crippen LogP contribution in [0, 0.1) is 5.82 Å². The van der Waals surface area contributed by atoms with Crippen molar-refractivity contribution in [3.8, 4) is 11.1 Å². The van der Waals surface area contributed by atoms with Gasteiger partial charge in [0.2, 0.25) is 0 Å². The van der Waals surface area contributed by atoms with E-state index in [4.69, 9.17) is 0 Å². The predicted octanol–water partition coefficient (Wildman–Crippen LogP) is 5.79. The third kappa shape index (κ3) is 5.59. The number of halogens is 2. The Morgan fingerprint density at radius 2 is 1.66 bits per heavy atom. The summed E-state index contributed by atoms with van der Waals surface area (Å²) in [7, 11) is 0. The van der Waals surface area contributed by atoms with E-state index in [1.54, 1.807) is 30.7 Å². The topological polar surface area (TPSA) is 80.5 Å². The van der Waals surface area contributed by atoms with Crippen LogP contribution in [0.15, 0.2) is 67.4 Å². The van der Waals surface area contributed by atoms with E-state index in [0.717, 1.165) is 16.7 Å². The number of hydrogen-bond acceptors (Lipinski definition) is 6. The van der Waals surface area contributed by atoms with Gasteiger partial charge in [0, 0.05) is 36.2 Å². The summed E-state index contributed by atoms with van der Waals surface area (Å²) in [6.45, 7) is 6.18. The average molecular weight is 454 g/mol. The molecule has 1 unspecified atom stereocenters. The van der Waals surface area contributed by atoms with Crippen molar-refractivity contribution in [1.82, 2.24) is 24.7 Å². The third-order valence-electron chi connectivity index (χ3n) is 4.84. The van der Waals surface area contributed by atoms with Crippen LogP contribution in [0.5, 0.6) is 0 Å².